The number of amides is 1. The molecule has 0 heterocycles. The van der Waals surface area contributed by atoms with Crippen molar-refractivity contribution in [1.82, 2.24) is 4.90 Å². The Kier molecular flexibility index (Phi) is 6.22. The van der Waals surface area contributed by atoms with Gasteiger partial charge >= 0.3 is 0 Å². The maximum absolute atomic E-state index is 11.1. The zero-order chi connectivity index (χ0) is 8.69. The Bertz CT molecular complexity index is 145. The molecule has 0 radical (unpaired) electrons. The van der Waals surface area contributed by atoms with Gasteiger partial charge in [0.25, 0.3) is 0 Å². The highest BCUT2D eigenvalue weighted by atomic mass is 79.9. The zero-order valence-corrected chi connectivity index (χ0v) is 8.60. The summed E-state index contributed by atoms with van der Waals surface area (Å²) >= 11 is 3.21. The van der Waals surface area contributed by atoms with E-state index in [2.05, 4.69) is 22.9 Å². The Labute approximate surface area is 76.4 Å². The van der Waals surface area contributed by atoms with Crippen molar-refractivity contribution in [3.63, 3.8) is 0 Å². The minimum atomic E-state index is 0.0753. The van der Waals surface area contributed by atoms with Crippen LogP contribution in [0.3, 0.4) is 0 Å². The van der Waals surface area contributed by atoms with Crippen molar-refractivity contribution in [3.05, 3.63) is 12.2 Å². The summed E-state index contributed by atoms with van der Waals surface area (Å²) in [7, 11) is 1.81. The molecule has 0 aromatic carbocycles. The van der Waals surface area contributed by atoms with Crippen LogP contribution in [0.1, 0.15) is 13.3 Å². The third kappa shape index (κ3) is 5.01. The van der Waals surface area contributed by atoms with E-state index < -0.39 is 0 Å². The Morgan fingerprint density at radius 2 is 2.27 bits per heavy atom. The third-order valence-corrected chi connectivity index (χ3v) is 1.66. The summed E-state index contributed by atoms with van der Waals surface area (Å²) in [5.41, 5.74) is 0. The first-order chi connectivity index (χ1) is 5.22. The summed E-state index contributed by atoms with van der Waals surface area (Å²) in [4.78, 5) is 12.8. The van der Waals surface area contributed by atoms with Gasteiger partial charge in [0.1, 0.15) is 0 Å². The fourth-order valence-corrected chi connectivity index (χ4v) is 0.905. The molecule has 0 saturated heterocycles. The minimum Gasteiger partial charge on any atom is -0.342 e. The van der Waals surface area contributed by atoms with Crippen molar-refractivity contribution < 1.29 is 4.79 Å². The number of hydrogen-bond acceptors (Lipinski definition) is 1. The Morgan fingerprint density at radius 3 is 2.73 bits per heavy atom. The SMILES string of the molecule is CCCN(C)C(=O)/C=C/CBr. The van der Waals surface area contributed by atoms with Crippen molar-refractivity contribution in [1.29, 1.82) is 0 Å². The van der Waals surface area contributed by atoms with E-state index >= 15 is 0 Å². The molecule has 0 unspecified atom stereocenters. The standard InChI is InChI=1S/C8H14BrNO/c1-3-7-10(2)8(11)5-4-6-9/h4-5H,3,6-7H2,1-2H3/b5-4+. The summed E-state index contributed by atoms with van der Waals surface area (Å²) in [5, 5.41) is 0.735. The molecule has 0 spiro atoms. The number of hydrogen-bond donors (Lipinski definition) is 0. The molecule has 3 heteroatoms. The highest BCUT2D eigenvalue weighted by molar-refractivity contribution is 9.09. The van der Waals surface area contributed by atoms with Crippen molar-refractivity contribution in [3.8, 4) is 0 Å². The molecule has 0 N–H and O–H groups in total. The van der Waals surface area contributed by atoms with Crippen LogP contribution in [0.2, 0.25) is 0 Å². The molecule has 0 fully saturated rings. The zero-order valence-electron chi connectivity index (χ0n) is 7.01. The second-order valence-corrected chi connectivity index (χ2v) is 2.96. The van der Waals surface area contributed by atoms with Gasteiger partial charge in [-0.15, -0.1) is 0 Å². The molecule has 0 aliphatic rings. The predicted octanol–water partition coefficient (Wildman–Crippen LogP) is 1.81. The monoisotopic (exact) mass is 219 g/mol. The van der Waals surface area contributed by atoms with E-state index in [-0.39, 0.29) is 5.91 Å². The van der Waals surface area contributed by atoms with Crippen LogP contribution in [0.15, 0.2) is 12.2 Å². The summed E-state index contributed by atoms with van der Waals surface area (Å²) < 4.78 is 0. The fraction of sp³-hybridized carbons (Fsp3) is 0.625. The number of halogens is 1. The molecule has 0 rings (SSSR count). The van der Waals surface area contributed by atoms with Crippen LogP contribution >= 0.6 is 15.9 Å². The van der Waals surface area contributed by atoms with Crippen LogP contribution in [0.5, 0.6) is 0 Å². The van der Waals surface area contributed by atoms with Crippen LogP contribution in [-0.2, 0) is 4.79 Å². The van der Waals surface area contributed by atoms with E-state index in [9.17, 15) is 4.79 Å². The van der Waals surface area contributed by atoms with E-state index in [1.807, 2.05) is 7.05 Å². The van der Waals surface area contributed by atoms with Crippen molar-refractivity contribution in [2.45, 2.75) is 13.3 Å². The number of carbonyl (C=O) groups is 1. The molecule has 64 valence electrons. The first-order valence-electron chi connectivity index (χ1n) is 3.70. The molecule has 0 bridgehead atoms. The van der Waals surface area contributed by atoms with Crippen LogP contribution < -0.4 is 0 Å². The van der Waals surface area contributed by atoms with Crippen LogP contribution in [0.4, 0.5) is 0 Å². The lowest BCUT2D eigenvalue weighted by Crippen LogP contribution is -2.25. The van der Waals surface area contributed by atoms with E-state index in [1.54, 1.807) is 17.1 Å². The van der Waals surface area contributed by atoms with Crippen molar-refractivity contribution >= 4 is 21.8 Å². The minimum absolute atomic E-state index is 0.0753. The molecular weight excluding hydrogens is 206 g/mol. The number of rotatable bonds is 4. The maximum Gasteiger partial charge on any atom is 0.245 e. The predicted molar refractivity (Wildman–Crippen MR) is 50.9 cm³/mol. The number of nitrogens with zero attached hydrogens (tertiary/aromatic N) is 1. The summed E-state index contributed by atoms with van der Waals surface area (Å²) in [6, 6.07) is 0. The normalized spacial score (nSPS) is 10.5. The van der Waals surface area contributed by atoms with Gasteiger partial charge in [0.2, 0.25) is 5.91 Å². The molecule has 0 aromatic heterocycles. The molecule has 11 heavy (non-hydrogen) atoms. The number of allylic oxidation sites excluding steroid dienone is 1. The van der Waals surface area contributed by atoms with E-state index in [4.69, 9.17) is 0 Å². The van der Waals surface area contributed by atoms with E-state index in [1.165, 1.54) is 0 Å². The van der Waals surface area contributed by atoms with Gasteiger partial charge < -0.3 is 4.90 Å². The molecule has 0 aliphatic carbocycles. The lowest BCUT2D eigenvalue weighted by molar-refractivity contribution is -0.124. The summed E-state index contributed by atoms with van der Waals surface area (Å²) in [6.45, 7) is 2.88. The largest absolute Gasteiger partial charge is 0.342 e. The van der Waals surface area contributed by atoms with Gasteiger partial charge in [-0.3, -0.25) is 4.79 Å². The van der Waals surface area contributed by atoms with Gasteiger partial charge in [0.15, 0.2) is 0 Å². The Balaban J connectivity index is 3.72. The van der Waals surface area contributed by atoms with Gasteiger partial charge in [-0.2, -0.15) is 0 Å². The second-order valence-electron chi connectivity index (χ2n) is 2.32. The molecular formula is C8H14BrNO. The molecule has 0 saturated carbocycles. The van der Waals surface area contributed by atoms with Gasteiger partial charge in [-0.25, -0.2) is 0 Å². The van der Waals surface area contributed by atoms with Crippen LogP contribution in [0.25, 0.3) is 0 Å². The Hall–Kier alpha value is -0.310. The number of alkyl halides is 1. The average Bonchev–Trinajstić information content (AvgIpc) is 2.00. The highest BCUT2D eigenvalue weighted by Crippen LogP contribution is 1.90. The molecule has 0 atom stereocenters. The van der Waals surface area contributed by atoms with Crippen LogP contribution in [-0.4, -0.2) is 29.7 Å². The van der Waals surface area contributed by atoms with E-state index in [0.717, 1.165) is 18.3 Å². The molecule has 0 aliphatic heterocycles. The van der Waals surface area contributed by atoms with Crippen molar-refractivity contribution in [2.75, 3.05) is 18.9 Å². The third-order valence-electron chi connectivity index (χ3n) is 1.28. The van der Waals surface area contributed by atoms with E-state index in [0.29, 0.717) is 0 Å². The lowest BCUT2D eigenvalue weighted by Gasteiger charge is -2.12. The highest BCUT2D eigenvalue weighted by Gasteiger charge is 2.00. The summed E-state index contributed by atoms with van der Waals surface area (Å²) in [6.07, 6.45) is 4.39. The van der Waals surface area contributed by atoms with Gasteiger partial charge in [-0.05, 0) is 12.5 Å². The molecule has 1 amide bonds. The van der Waals surface area contributed by atoms with Crippen LogP contribution in [0, 0.1) is 0 Å². The first kappa shape index (κ1) is 10.7. The van der Waals surface area contributed by atoms with Gasteiger partial charge in [-0.1, -0.05) is 28.9 Å². The number of carbonyl (C=O) groups excluding carboxylic acids is 1. The van der Waals surface area contributed by atoms with Gasteiger partial charge in [0, 0.05) is 18.9 Å². The Morgan fingerprint density at radius 1 is 1.64 bits per heavy atom. The topological polar surface area (TPSA) is 20.3 Å². The summed E-state index contributed by atoms with van der Waals surface area (Å²) in [5.74, 6) is 0.0753. The molecule has 0 aromatic rings. The van der Waals surface area contributed by atoms with Crippen molar-refractivity contribution in [2.24, 2.45) is 0 Å². The quantitative estimate of drug-likeness (QED) is 0.522. The average molecular weight is 220 g/mol. The van der Waals surface area contributed by atoms with Gasteiger partial charge in [0.05, 0.1) is 0 Å². The fourth-order valence-electron chi connectivity index (χ4n) is 0.718. The second kappa shape index (κ2) is 6.40. The lowest BCUT2D eigenvalue weighted by atomic mass is 10.4. The molecule has 2 nitrogen and oxygen atoms in total. The maximum atomic E-state index is 11.1. The first-order valence-corrected chi connectivity index (χ1v) is 4.82. The number of likely N-dealkylation sites (N-methyl/N-ethyl adjacent to an activating group) is 1. The smallest absolute Gasteiger partial charge is 0.245 e.